The molecule has 38 heavy (non-hydrogen) atoms. The summed E-state index contributed by atoms with van der Waals surface area (Å²) in [5.41, 5.74) is 6.21. The Bertz CT molecular complexity index is 1180. The van der Waals surface area contributed by atoms with Crippen LogP contribution >= 0.6 is 0 Å². The molecular weight excluding hydrogens is 468 g/mol. The van der Waals surface area contributed by atoms with Crippen molar-refractivity contribution in [3.05, 3.63) is 87.5 Å². The van der Waals surface area contributed by atoms with Gasteiger partial charge in [0, 0.05) is 22.3 Å². The molecule has 0 fully saturated rings. The summed E-state index contributed by atoms with van der Waals surface area (Å²) >= 11 is 0. The Balaban J connectivity index is 2.56. The van der Waals surface area contributed by atoms with Gasteiger partial charge in [0.2, 0.25) is 0 Å². The minimum Gasteiger partial charge on any atom is -0.507 e. The van der Waals surface area contributed by atoms with Gasteiger partial charge in [-0.05, 0) is 80.4 Å². The van der Waals surface area contributed by atoms with Gasteiger partial charge < -0.3 is 10.2 Å². The van der Waals surface area contributed by atoms with E-state index >= 15 is 0 Å². The van der Waals surface area contributed by atoms with Crippen LogP contribution in [0, 0.1) is 0 Å². The summed E-state index contributed by atoms with van der Waals surface area (Å²) < 4.78 is 0. The Morgan fingerprint density at radius 2 is 0.763 bits per heavy atom. The molecule has 3 heteroatoms. The van der Waals surface area contributed by atoms with E-state index in [1.165, 1.54) is 0 Å². The van der Waals surface area contributed by atoms with Crippen LogP contribution in [-0.4, -0.2) is 16.0 Å². The summed E-state index contributed by atoms with van der Waals surface area (Å²) in [4.78, 5) is 12.1. The zero-order valence-electron chi connectivity index (χ0n) is 25.4. The maximum atomic E-state index is 12.1. The van der Waals surface area contributed by atoms with Gasteiger partial charge in [-0.3, -0.25) is 4.79 Å². The molecular formula is C35H46O3. The number of phenols is 2. The van der Waals surface area contributed by atoms with Crippen LogP contribution in [0.3, 0.4) is 0 Å². The molecule has 0 aromatic heterocycles. The third-order valence-electron chi connectivity index (χ3n) is 7.17. The molecule has 0 amide bonds. The van der Waals surface area contributed by atoms with Crippen LogP contribution in [0.1, 0.15) is 116 Å². The molecule has 0 unspecified atom stereocenters. The second kappa shape index (κ2) is 9.59. The van der Waals surface area contributed by atoms with E-state index in [1.54, 1.807) is 12.2 Å². The van der Waals surface area contributed by atoms with Gasteiger partial charge in [-0.2, -0.15) is 0 Å². The number of ketones is 1. The highest BCUT2D eigenvalue weighted by atomic mass is 16.3. The minimum atomic E-state index is -0.286. The molecule has 1 aliphatic carbocycles. The van der Waals surface area contributed by atoms with E-state index in [-0.39, 0.29) is 27.4 Å². The molecule has 204 valence electrons. The topological polar surface area (TPSA) is 57.5 Å². The Morgan fingerprint density at radius 3 is 1.00 bits per heavy atom. The molecule has 3 rings (SSSR count). The highest BCUT2D eigenvalue weighted by molar-refractivity contribution is 6.03. The predicted octanol–water partition coefficient (Wildman–Crippen LogP) is 8.78. The minimum absolute atomic E-state index is 0.0407. The van der Waals surface area contributed by atoms with Crippen LogP contribution in [0.2, 0.25) is 0 Å². The number of aromatic hydroxyl groups is 2. The Morgan fingerprint density at radius 1 is 0.500 bits per heavy atom. The first-order valence-electron chi connectivity index (χ1n) is 13.5. The number of rotatable bonds is 2. The second-order valence-electron chi connectivity index (χ2n) is 14.7. The van der Waals surface area contributed by atoms with Gasteiger partial charge >= 0.3 is 0 Å². The number of carbonyl (C=O) groups excluding carboxylic acids is 1. The van der Waals surface area contributed by atoms with E-state index in [4.69, 9.17) is 0 Å². The first kappa shape index (κ1) is 29.5. The van der Waals surface area contributed by atoms with Crippen molar-refractivity contribution in [2.75, 3.05) is 0 Å². The van der Waals surface area contributed by atoms with E-state index < -0.39 is 0 Å². The summed E-state index contributed by atoms with van der Waals surface area (Å²) in [7, 11) is 0. The van der Waals surface area contributed by atoms with Gasteiger partial charge in [-0.25, -0.2) is 0 Å². The normalized spacial score (nSPS) is 14.8. The Kier molecular flexibility index (Phi) is 7.44. The molecule has 1 aliphatic rings. The highest BCUT2D eigenvalue weighted by Crippen LogP contribution is 2.46. The van der Waals surface area contributed by atoms with E-state index in [1.807, 2.05) is 12.2 Å². The summed E-state index contributed by atoms with van der Waals surface area (Å²) in [6, 6.07) is 8.35. The van der Waals surface area contributed by atoms with Crippen molar-refractivity contribution in [2.24, 2.45) is 0 Å². The molecule has 0 heterocycles. The van der Waals surface area contributed by atoms with Crippen molar-refractivity contribution in [3.8, 4) is 11.5 Å². The number of hydrogen-bond acceptors (Lipinski definition) is 3. The summed E-state index contributed by atoms with van der Waals surface area (Å²) in [6.45, 7) is 25.3. The summed E-state index contributed by atoms with van der Waals surface area (Å²) in [6.07, 6.45) is 6.94. The molecule has 0 aliphatic heterocycles. The highest BCUT2D eigenvalue weighted by Gasteiger charge is 2.30. The van der Waals surface area contributed by atoms with Crippen molar-refractivity contribution in [1.29, 1.82) is 0 Å². The van der Waals surface area contributed by atoms with Crippen molar-refractivity contribution in [3.63, 3.8) is 0 Å². The summed E-state index contributed by atoms with van der Waals surface area (Å²) in [5, 5.41) is 22.8. The summed E-state index contributed by atoms with van der Waals surface area (Å²) in [5.74, 6) is 0.625. The van der Waals surface area contributed by atoms with E-state index in [0.29, 0.717) is 11.5 Å². The molecule has 0 radical (unpaired) electrons. The molecule has 0 atom stereocenters. The zero-order chi connectivity index (χ0) is 29.0. The van der Waals surface area contributed by atoms with Crippen molar-refractivity contribution < 1.29 is 15.0 Å². The monoisotopic (exact) mass is 514 g/mol. The lowest BCUT2D eigenvalue weighted by molar-refractivity contribution is -0.110. The fraction of sp³-hybridized carbons (Fsp3) is 0.457. The van der Waals surface area contributed by atoms with Gasteiger partial charge in [-0.15, -0.1) is 0 Å². The van der Waals surface area contributed by atoms with Crippen LogP contribution < -0.4 is 0 Å². The van der Waals surface area contributed by atoms with Crippen LogP contribution in [0.5, 0.6) is 11.5 Å². The van der Waals surface area contributed by atoms with E-state index in [0.717, 1.165) is 44.5 Å². The van der Waals surface area contributed by atoms with Gasteiger partial charge in [0.15, 0.2) is 5.78 Å². The molecule has 0 bridgehead atoms. The van der Waals surface area contributed by atoms with E-state index in [2.05, 4.69) is 107 Å². The number of hydrogen-bond donors (Lipinski definition) is 2. The fourth-order valence-corrected chi connectivity index (χ4v) is 4.97. The first-order chi connectivity index (χ1) is 17.1. The molecule has 3 nitrogen and oxygen atoms in total. The number of phenolic OH excluding ortho intramolecular Hbond substituents is 2. The SMILES string of the molecule is CC(C)(C)c1cc(C(=C2C=CC(=O)C=C2)c2cc(C(C)(C)C)c(O)c(C(C)(C)C)c2)cc(C(C)(C)C)c1O. The first-order valence-corrected chi connectivity index (χ1v) is 13.5. The molecule has 0 spiro atoms. The zero-order valence-corrected chi connectivity index (χ0v) is 25.4. The third kappa shape index (κ3) is 5.98. The molecule has 0 saturated heterocycles. The lowest BCUT2D eigenvalue weighted by Gasteiger charge is -2.31. The Labute approximate surface area is 230 Å². The maximum absolute atomic E-state index is 12.1. The largest absolute Gasteiger partial charge is 0.507 e. The fourth-order valence-electron chi connectivity index (χ4n) is 4.97. The average molecular weight is 515 g/mol. The van der Waals surface area contributed by atoms with Crippen LogP contribution in [0.15, 0.2) is 54.1 Å². The lowest BCUT2D eigenvalue weighted by atomic mass is 9.74. The van der Waals surface area contributed by atoms with Crippen molar-refractivity contribution >= 4 is 11.4 Å². The van der Waals surface area contributed by atoms with Gasteiger partial charge in [0.1, 0.15) is 11.5 Å². The molecule has 2 aromatic rings. The van der Waals surface area contributed by atoms with Gasteiger partial charge in [0.25, 0.3) is 0 Å². The average Bonchev–Trinajstić information content (AvgIpc) is 2.73. The quantitative estimate of drug-likeness (QED) is 0.421. The second-order valence-corrected chi connectivity index (χ2v) is 14.7. The standard InChI is InChI=1S/C35H46O3/c1-32(2,3)25-17-22(18-26(30(25)37)33(4,5)6)29(21-13-15-24(36)16-14-21)23-19-27(34(7,8)9)31(38)28(20-23)35(10,11)12/h13-20,37-38H,1-12H3. The third-order valence-corrected chi connectivity index (χ3v) is 7.17. The Hall–Kier alpha value is -3.07. The molecule has 0 saturated carbocycles. The molecule has 2 N–H and O–H groups in total. The number of carbonyl (C=O) groups is 1. The smallest absolute Gasteiger partial charge is 0.178 e. The van der Waals surface area contributed by atoms with Crippen LogP contribution in [-0.2, 0) is 26.5 Å². The van der Waals surface area contributed by atoms with Crippen LogP contribution in [0.25, 0.3) is 5.57 Å². The molecule has 2 aromatic carbocycles. The van der Waals surface area contributed by atoms with Gasteiger partial charge in [-0.1, -0.05) is 95.2 Å². The predicted molar refractivity (Wildman–Crippen MR) is 160 cm³/mol. The van der Waals surface area contributed by atoms with Crippen LogP contribution in [0.4, 0.5) is 0 Å². The number of benzene rings is 2. The van der Waals surface area contributed by atoms with Crippen molar-refractivity contribution in [2.45, 2.75) is 105 Å². The number of allylic oxidation sites excluding steroid dienone is 5. The maximum Gasteiger partial charge on any atom is 0.178 e. The van der Waals surface area contributed by atoms with Gasteiger partial charge in [0.05, 0.1) is 0 Å². The van der Waals surface area contributed by atoms with E-state index in [9.17, 15) is 15.0 Å². The van der Waals surface area contributed by atoms with Crippen molar-refractivity contribution in [1.82, 2.24) is 0 Å². The lowest BCUT2D eigenvalue weighted by Crippen LogP contribution is -2.19.